The van der Waals surface area contributed by atoms with Gasteiger partial charge in [0.25, 0.3) is 0 Å². The first kappa shape index (κ1) is 12.4. The van der Waals surface area contributed by atoms with Crippen LogP contribution in [0.5, 0.6) is 0 Å². The minimum absolute atomic E-state index is 0.206. The van der Waals surface area contributed by atoms with Gasteiger partial charge in [-0.1, -0.05) is 11.8 Å². The molecule has 88 valence electrons. The van der Waals surface area contributed by atoms with Crippen LogP contribution in [0.15, 0.2) is 18.9 Å². The Labute approximate surface area is 94.9 Å². The first-order chi connectivity index (χ1) is 7.61. The Morgan fingerprint density at radius 2 is 2.44 bits per heavy atom. The molecular weight excluding hydrogens is 206 g/mol. The molecule has 16 heavy (non-hydrogen) atoms. The predicted octanol–water partition coefficient (Wildman–Crippen LogP) is -0.358. The summed E-state index contributed by atoms with van der Waals surface area (Å²) < 4.78 is 1.76. The summed E-state index contributed by atoms with van der Waals surface area (Å²) in [4.78, 5) is 13.0. The first-order valence-electron chi connectivity index (χ1n) is 5.06. The van der Waals surface area contributed by atoms with Gasteiger partial charge in [0.1, 0.15) is 5.69 Å². The van der Waals surface area contributed by atoms with Crippen molar-refractivity contribution in [3.8, 4) is 0 Å². The Kier molecular flexibility index (Phi) is 4.65. The van der Waals surface area contributed by atoms with Gasteiger partial charge in [0.15, 0.2) is 0 Å². The molecule has 0 aliphatic heterocycles. The highest BCUT2D eigenvalue weighted by atomic mass is 16.1. The van der Waals surface area contributed by atoms with E-state index in [0.717, 1.165) is 18.8 Å². The van der Waals surface area contributed by atoms with E-state index < -0.39 is 0 Å². The van der Waals surface area contributed by atoms with Gasteiger partial charge in [0.05, 0.1) is 19.3 Å². The first-order valence-corrected chi connectivity index (χ1v) is 5.06. The highest BCUT2D eigenvalue weighted by Gasteiger charge is 2.02. The Morgan fingerprint density at radius 3 is 3.06 bits per heavy atom. The van der Waals surface area contributed by atoms with Gasteiger partial charge in [-0.05, 0) is 20.2 Å². The van der Waals surface area contributed by atoms with Crippen molar-refractivity contribution >= 4 is 5.91 Å². The van der Waals surface area contributed by atoms with Gasteiger partial charge < -0.3 is 10.2 Å². The average molecular weight is 223 g/mol. The van der Waals surface area contributed by atoms with Gasteiger partial charge in [-0.3, -0.25) is 9.48 Å². The standard InChI is InChI=1S/C10H17N5O/c1-4-10(16)11-7-9-8-15(13-12-9)6-5-14(2)3/h4,8H,1,5-7H2,2-3H3,(H,11,16). The lowest BCUT2D eigenvalue weighted by Crippen LogP contribution is -2.20. The molecule has 0 aromatic carbocycles. The van der Waals surface area contributed by atoms with Gasteiger partial charge in [0, 0.05) is 6.54 Å². The zero-order valence-electron chi connectivity index (χ0n) is 9.68. The van der Waals surface area contributed by atoms with Crippen LogP contribution in [-0.4, -0.2) is 46.4 Å². The molecule has 0 radical (unpaired) electrons. The highest BCUT2D eigenvalue weighted by molar-refractivity contribution is 5.86. The summed E-state index contributed by atoms with van der Waals surface area (Å²) in [7, 11) is 4.00. The van der Waals surface area contributed by atoms with Crippen molar-refractivity contribution < 1.29 is 4.79 Å². The lowest BCUT2D eigenvalue weighted by atomic mass is 10.4. The fourth-order valence-corrected chi connectivity index (χ4v) is 1.08. The molecule has 0 saturated carbocycles. The third-order valence-electron chi connectivity index (χ3n) is 1.99. The van der Waals surface area contributed by atoms with Gasteiger partial charge in [-0.25, -0.2) is 0 Å². The molecule has 1 amide bonds. The molecule has 1 heterocycles. The lowest BCUT2D eigenvalue weighted by Gasteiger charge is -2.07. The molecule has 0 spiro atoms. The molecule has 1 rings (SSSR count). The molecule has 1 aromatic rings. The van der Waals surface area contributed by atoms with E-state index in [4.69, 9.17) is 0 Å². The maximum atomic E-state index is 10.9. The van der Waals surface area contributed by atoms with Crippen LogP contribution in [0, 0.1) is 0 Å². The van der Waals surface area contributed by atoms with Gasteiger partial charge >= 0.3 is 0 Å². The fraction of sp³-hybridized carbons (Fsp3) is 0.500. The van der Waals surface area contributed by atoms with E-state index >= 15 is 0 Å². The van der Waals surface area contributed by atoms with Gasteiger partial charge in [0.2, 0.25) is 5.91 Å². The summed E-state index contributed by atoms with van der Waals surface area (Å²) in [5.41, 5.74) is 0.744. The zero-order valence-corrected chi connectivity index (χ0v) is 9.68. The fourth-order valence-electron chi connectivity index (χ4n) is 1.08. The van der Waals surface area contributed by atoms with Crippen LogP contribution in [0.4, 0.5) is 0 Å². The van der Waals surface area contributed by atoms with E-state index in [1.165, 1.54) is 6.08 Å². The minimum Gasteiger partial charge on any atom is -0.347 e. The summed E-state index contributed by atoms with van der Waals surface area (Å²) in [5.74, 6) is -0.206. The molecule has 1 N–H and O–H groups in total. The molecule has 1 aromatic heterocycles. The minimum atomic E-state index is -0.206. The number of hydrogen-bond donors (Lipinski definition) is 1. The molecule has 6 nitrogen and oxygen atoms in total. The molecule has 0 aliphatic rings. The number of likely N-dealkylation sites (N-methyl/N-ethyl adjacent to an activating group) is 1. The van der Waals surface area contributed by atoms with Crippen molar-refractivity contribution in [1.82, 2.24) is 25.2 Å². The van der Waals surface area contributed by atoms with Crippen LogP contribution < -0.4 is 5.32 Å². The van der Waals surface area contributed by atoms with Crippen molar-refractivity contribution in [3.63, 3.8) is 0 Å². The van der Waals surface area contributed by atoms with Crippen LogP contribution >= 0.6 is 0 Å². The van der Waals surface area contributed by atoms with Crippen molar-refractivity contribution in [2.45, 2.75) is 13.1 Å². The number of carbonyl (C=O) groups is 1. The van der Waals surface area contributed by atoms with Gasteiger partial charge in [-0.2, -0.15) is 0 Å². The van der Waals surface area contributed by atoms with E-state index in [2.05, 4.69) is 27.1 Å². The number of aromatic nitrogens is 3. The number of carbonyl (C=O) groups excluding carboxylic acids is 1. The number of hydrogen-bond acceptors (Lipinski definition) is 4. The topological polar surface area (TPSA) is 63.1 Å². The molecule has 0 unspecified atom stereocenters. The van der Waals surface area contributed by atoms with E-state index in [0.29, 0.717) is 6.54 Å². The third-order valence-corrected chi connectivity index (χ3v) is 1.99. The van der Waals surface area contributed by atoms with Crippen molar-refractivity contribution in [3.05, 3.63) is 24.5 Å². The quantitative estimate of drug-likeness (QED) is 0.669. The summed E-state index contributed by atoms with van der Waals surface area (Å²) >= 11 is 0. The number of nitrogens with one attached hydrogen (secondary N) is 1. The zero-order chi connectivity index (χ0) is 12.0. The van der Waals surface area contributed by atoms with Crippen molar-refractivity contribution in [2.75, 3.05) is 20.6 Å². The Balaban J connectivity index is 2.39. The van der Waals surface area contributed by atoms with Crippen LogP contribution in [0.2, 0.25) is 0 Å². The highest BCUT2D eigenvalue weighted by Crippen LogP contribution is 1.93. The van der Waals surface area contributed by atoms with Crippen LogP contribution in [0.3, 0.4) is 0 Å². The average Bonchev–Trinajstić information content (AvgIpc) is 2.71. The van der Waals surface area contributed by atoms with Crippen molar-refractivity contribution in [2.24, 2.45) is 0 Å². The van der Waals surface area contributed by atoms with E-state index in [1.807, 2.05) is 20.3 Å². The molecular formula is C10H17N5O. The number of amides is 1. The van der Waals surface area contributed by atoms with E-state index in [-0.39, 0.29) is 5.91 Å². The second-order valence-electron chi connectivity index (χ2n) is 3.70. The second-order valence-corrected chi connectivity index (χ2v) is 3.70. The maximum absolute atomic E-state index is 10.9. The van der Waals surface area contributed by atoms with Gasteiger partial charge in [-0.15, -0.1) is 5.10 Å². The third kappa shape index (κ3) is 4.22. The molecule has 6 heteroatoms. The SMILES string of the molecule is C=CC(=O)NCc1cn(CCN(C)C)nn1. The summed E-state index contributed by atoms with van der Waals surface area (Å²) in [6.07, 6.45) is 3.06. The molecule has 0 fully saturated rings. The van der Waals surface area contributed by atoms with E-state index in [9.17, 15) is 4.79 Å². The van der Waals surface area contributed by atoms with Crippen LogP contribution in [0.25, 0.3) is 0 Å². The predicted molar refractivity (Wildman–Crippen MR) is 60.6 cm³/mol. The number of nitrogens with zero attached hydrogens (tertiary/aromatic N) is 4. The molecule has 0 aliphatic carbocycles. The monoisotopic (exact) mass is 223 g/mol. The maximum Gasteiger partial charge on any atom is 0.243 e. The summed E-state index contributed by atoms with van der Waals surface area (Å²) in [6.45, 7) is 5.44. The number of rotatable bonds is 6. The van der Waals surface area contributed by atoms with E-state index in [1.54, 1.807) is 4.68 Å². The van der Waals surface area contributed by atoms with Crippen molar-refractivity contribution in [1.29, 1.82) is 0 Å². The lowest BCUT2D eigenvalue weighted by molar-refractivity contribution is -0.116. The Hall–Kier alpha value is -1.69. The van der Waals surface area contributed by atoms with Crippen LogP contribution in [0.1, 0.15) is 5.69 Å². The van der Waals surface area contributed by atoms with Crippen LogP contribution in [-0.2, 0) is 17.9 Å². The molecule has 0 bridgehead atoms. The second kappa shape index (κ2) is 6.02. The normalized spacial score (nSPS) is 10.4. The summed E-state index contributed by atoms with van der Waals surface area (Å²) in [6, 6.07) is 0. The Bertz CT molecular complexity index is 358. The Morgan fingerprint density at radius 1 is 1.69 bits per heavy atom. The molecule has 0 atom stereocenters. The largest absolute Gasteiger partial charge is 0.347 e. The smallest absolute Gasteiger partial charge is 0.243 e. The summed E-state index contributed by atoms with van der Waals surface area (Å²) in [5, 5.41) is 10.5. The molecule has 0 saturated heterocycles.